The molecule has 0 heterocycles. The predicted molar refractivity (Wildman–Crippen MR) is 115 cm³/mol. The molecule has 0 fully saturated rings. The first-order valence-corrected chi connectivity index (χ1v) is 10.9. The lowest BCUT2D eigenvalue weighted by molar-refractivity contribution is -0.149. The average molecular weight is 399 g/mol. The molecule has 2 atom stereocenters. The lowest BCUT2D eigenvalue weighted by Gasteiger charge is -2.16. The maximum Gasteiger partial charge on any atom is 0.308 e. The van der Waals surface area contributed by atoms with Gasteiger partial charge in [0.1, 0.15) is 0 Å². The van der Waals surface area contributed by atoms with Crippen LogP contribution in [0.3, 0.4) is 0 Å². The topological polar surface area (TPSA) is 120 Å². The normalized spacial score (nSPS) is 12.8. The molecule has 0 saturated carbocycles. The summed E-state index contributed by atoms with van der Waals surface area (Å²) >= 11 is 0. The van der Waals surface area contributed by atoms with Crippen LogP contribution in [0.15, 0.2) is 4.99 Å². The molecule has 0 aliphatic rings. The van der Waals surface area contributed by atoms with Crippen LogP contribution in [-0.2, 0) is 14.3 Å². The number of amides is 1. The Bertz CT molecular complexity index is 451. The Hall–Kier alpha value is -1.79. The van der Waals surface area contributed by atoms with Crippen LogP contribution in [0.1, 0.15) is 91.4 Å². The number of esters is 1. The highest BCUT2D eigenvalue weighted by Gasteiger charge is 2.19. The van der Waals surface area contributed by atoms with Crippen molar-refractivity contribution in [1.29, 1.82) is 0 Å². The largest absolute Gasteiger partial charge is 0.465 e. The molecule has 0 bridgehead atoms. The number of nitrogens with zero attached hydrogens (tertiary/aromatic N) is 1. The van der Waals surface area contributed by atoms with Crippen LogP contribution in [0.5, 0.6) is 0 Å². The van der Waals surface area contributed by atoms with E-state index >= 15 is 0 Å². The number of hydrogen-bond acceptors (Lipinski definition) is 4. The minimum absolute atomic E-state index is 0.000282. The van der Waals surface area contributed by atoms with E-state index in [9.17, 15) is 9.59 Å². The zero-order valence-corrected chi connectivity index (χ0v) is 18.2. The standard InChI is InChI=1S/C21H42N4O3/c1-4-6-8-9-12-18(11-7-5-2)20(27)28-16-10-13-19(26)25-17(3)14-15-24-21(22)23/h17-18H,4-16H2,1-3H3,(H,25,26)(H4,22,23,24). The lowest BCUT2D eigenvalue weighted by atomic mass is 9.95. The Balaban J connectivity index is 4.03. The summed E-state index contributed by atoms with van der Waals surface area (Å²) in [6, 6.07) is -0.000282. The molecule has 7 nitrogen and oxygen atoms in total. The third-order valence-corrected chi connectivity index (χ3v) is 4.70. The summed E-state index contributed by atoms with van der Waals surface area (Å²) in [7, 11) is 0. The fourth-order valence-corrected chi connectivity index (χ4v) is 2.98. The quantitative estimate of drug-likeness (QED) is 0.150. The van der Waals surface area contributed by atoms with Crippen molar-refractivity contribution >= 4 is 17.8 Å². The van der Waals surface area contributed by atoms with Crippen LogP contribution in [0.25, 0.3) is 0 Å². The van der Waals surface area contributed by atoms with E-state index in [1.165, 1.54) is 19.3 Å². The average Bonchev–Trinajstić information content (AvgIpc) is 2.64. The van der Waals surface area contributed by atoms with Gasteiger partial charge in [0, 0.05) is 19.0 Å². The number of carbonyl (C=O) groups is 2. The lowest BCUT2D eigenvalue weighted by Crippen LogP contribution is -2.33. The summed E-state index contributed by atoms with van der Waals surface area (Å²) in [6.45, 7) is 7.02. The van der Waals surface area contributed by atoms with E-state index in [2.05, 4.69) is 24.2 Å². The Morgan fingerprint density at radius 2 is 1.64 bits per heavy atom. The summed E-state index contributed by atoms with van der Waals surface area (Å²) < 4.78 is 5.44. The van der Waals surface area contributed by atoms with Gasteiger partial charge in [0.2, 0.25) is 5.91 Å². The zero-order valence-electron chi connectivity index (χ0n) is 18.2. The minimum Gasteiger partial charge on any atom is -0.465 e. The van der Waals surface area contributed by atoms with Crippen LogP contribution < -0.4 is 16.8 Å². The minimum atomic E-state index is -0.101. The molecular formula is C21H42N4O3. The summed E-state index contributed by atoms with van der Waals surface area (Å²) in [5.41, 5.74) is 10.5. The predicted octanol–water partition coefficient (Wildman–Crippen LogP) is 3.25. The molecule has 28 heavy (non-hydrogen) atoms. The molecule has 0 rings (SSSR count). The second kappa shape index (κ2) is 17.3. The van der Waals surface area contributed by atoms with Crippen LogP contribution in [-0.4, -0.2) is 37.0 Å². The third kappa shape index (κ3) is 15.3. The fraction of sp³-hybridized carbons (Fsp3) is 0.857. The van der Waals surface area contributed by atoms with Crippen molar-refractivity contribution < 1.29 is 14.3 Å². The van der Waals surface area contributed by atoms with Gasteiger partial charge in [0.15, 0.2) is 5.96 Å². The number of nitrogens with one attached hydrogen (secondary N) is 1. The molecule has 0 radical (unpaired) electrons. The number of rotatable bonds is 17. The van der Waals surface area contributed by atoms with E-state index in [1.54, 1.807) is 0 Å². The van der Waals surface area contributed by atoms with Crippen molar-refractivity contribution in [3.8, 4) is 0 Å². The Morgan fingerprint density at radius 1 is 0.964 bits per heavy atom. The second-order valence-corrected chi connectivity index (χ2v) is 7.52. The van der Waals surface area contributed by atoms with Crippen molar-refractivity contribution in [3.63, 3.8) is 0 Å². The zero-order chi connectivity index (χ0) is 21.2. The molecule has 164 valence electrons. The number of ether oxygens (including phenoxy) is 1. The Kier molecular flexibility index (Phi) is 16.2. The van der Waals surface area contributed by atoms with Gasteiger partial charge < -0.3 is 21.5 Å². The number of unbranched alkanes of at least 4 members (excludes halogenated alkanes) is 4. The van der Waals surface area contributed by atoms with Crippen LogP contribution in [0, 0.1) is 5.92 Å². The van der Waals surface area contributed by atoms with Gasteiger partial charge in [-0.05, 0) is 32.6 Å². The Labute approximate surface area is 171 Å². The molecule has 0 aromatic rings. The SMILES string of the molecule is CCCCCCC(CCCC)C(=O)OCCCC(=O)NC(C)CCN=C(N)N. The third-order valence-electron chi connectivity index (χ3n) is 4.70. The number of aliphatic imine (C=N–C) groups is 1. The van der Waals surface area contributed by atoms with Gasteiger partial charge in [-0.15, -0.1) is 0 Å². The van der Waals surface area contributed by atoms with Crippen LogP contribution >= 0.6 is 0 Å². The summed E-state index contributed by atoms with van der Waals surface area (Å²) in [4.78, 5) is 28.2. The van der Waals surface area contributed by atoms with E-state index in [0.29, 0.717) is 32.4 Å². The molecule has 0 aromatic heterocycles. The van der Waals surface area contributed by atoms with Crippen molar-refractivity contribution in [1.82, 2.24) is 5.32 Å². The van der Waals surface area contributed by atoms with E-state index < -0.39 is 0 Å². The van der Waals surface area contributed by atoms with Crippen molar-refractivity contribution in [2.45, 2.75) is 97.4 Å². The molecule has 5 N–H and O–H groups in total. The molecule has 0 aliphatic heterocycles. The summed E-state index contributed by atoms with van der Waals surface area (Å²) in [6.07, 6.45) is 10.2. The van der Waals surface area contributed by atoms with Crippen LogP contribution in [0.4, 0.5) is 0 Å². The van der Waals surface area contributed by atoms with E-state index in [-0.39, 0.29) is 29.8 Å². The molecule has 0 spiro atoms. The van der Waals surface area contributed by atoms with Gasteiger partial charge in [-0.1, -0.05) is 52.4 Å². The Morgan fingerprint density at radius 3 is 2.29 bits per heavy atom. The van der Waals surface area contributed by atoms with Gasteiger partial charge in [-0.2, -0.15) is 0 Å². The summed E-state index contributed by atoms with van der Waals surface area (Å²) in [5, 5.41) is 2.90. The van der Waals surface area contributed by atoms with Crippen molar-refractivity contribution in [2.75, 3.05) is 13.2 Å². The monoisotopic (exact) mass is 398 g/mol. The van der Waals surface area contributed by atoms with E-state index in [0.717, 1.165) is 32.1 Å². The molecule has 0 aromatic carbocycles. The van der Waals surface area contributed by atoms with Crippen molar-refractivity contribution in [2.24, 2.45) is 22.4 Å². The molecule has 0 aliphatic carbocycles. The highest BCUT2D eigenvalue weighted by Crippen LogP contribution is 2.19. The molecule has 0 saturated heterocycles. The maximum absolute atomic E-state index is 12.4. The van der Waals surface area contributed by atoms with E-state index in [1.807, 2.05) is 6.92 Å². The van der Waals surface area contributed by atoms with Gasteiger partial charge >= 0.3 is 5.97 Å². The van der Waals surface area contributed by atoms with E-state index in [4.69, 9.17) is 16.2 Å². The number of hydrogen-bond donors (Lipinski definition) is 3. The first kappa shape index (κ1) is 26.2. The smallest absolute Gasteiger partial charge is 0.308 e. The first-order chi connectivity index (χ1) is 13.4. The maximum atomic E-state index is 12.4. The fourth-order valence-electron chi connectivity index (χ4n) is 2.98. The van der Waals surface area contributed by atoms with Gasteiger partial charge in [-0.25, -0.2) is 0 Å². The number of nitrogens with two attached hydrogens (primary N) is 2. The number of guanidine groups is 1. The second-order valence-electron chi connectivity index (χ2n) is 7.52. The molecule has 2 unspecified atom stereocenters. The van der Waals surface area contributed by atoms with Crippen molar-refractivity contribution in [3.05, 3.63) is 0 Å². The molecule has 7 heteroatoms. The first-order valence-electron chi connectivity index (χ1n) is 10.9. The van der Waals surface area contributed by atoms with Gasteiger partial charge in [-0.3, -0.25) is 14.6 Å². The molecular weight excluding hydrogens is 356 g/mol. The van der Waals surface area contributed by atoms with Gasteiger partial charge in [0.05, 0.1) is 12.5 Å². The summed E-state index contributed by atoms with van der Waals surface area (Å²) in [5.74, 6) is -0.0876. The molecule has 1 amide bonds. The van der Waals surface area contributed by atoms with Crippen LogP contribution in [0.2, 0.25) is 0 Å². The highest BCUT2D eigenvalue weighted by atomic mass is 16.5. The van der Waals surface area contributed by atoms with Gasteiger partial charge in [0.25, 0.3) is 0 Å². The number of carbonyl (C=O) groups excluding carboxylic acids is 2. The highest BCUT2D eigenvalue weighted by molar-refractivity contribution is 5.76.